The molecular formula is C25H40N4O13. The normalized spacial score (nSPS) is 39.7. The van der Waals surface area contributed by atoms with Crippen molar-refractivity contribution in [3.8, 4) is 0 Å². The highest BCUT2D eigenvalue weighted by atomic mass is 16.6. The molecule has 0 aliphatic carbocycles. The van der Waals surface area contributed by atoms with Gasteiger partial charge in [-0.1, -0.05) is 0 Å². The first-order valence-corrected chi connectivity index (χ1v) is 13.5. The SMILES string of the molecule is COC(=O)[C@@H]1OC[C@H](OC)[C@@H]1NC(=O)[C@@H]1OC[C@H](OC)[C@@H]1NC(=O)[C@@H]1OC[C@H](OC)[C@@H]1NC(=O)[C@@H]1OC[C@H](OC)[C@@H]1N. The summed E-state index contributed by atoms with van der Waals surface area (Å²) in [6, 6.07) is -3.41. The van der Waals surface area contributed by atoms with Gasteiger partial charge in [0, 0.05) is 28.4 Å². The van der Waals surface area contributed by atoms with Gasteiger partial charge in [0.1, 0.15) is 18.3 Å². The van der Waals surface area contributed by atoms with Gasteiger partial charge in [0.25, 0.3) is 17.7 Å². The monoisotopic (exact) mass is 604 g/mol. The molecule has 0 bridgehead atoms. The minimum atomic E-state index is -1.20. The maximum Gasteiger partial charge on any atom is 0.337 e. The Hall–Kier alpha value is -2.48. The van der Waals surface area contributed by atoms with Crippen molar-refractivity contribution in [2.24, 2.45) is 5.73 Å². The molecule has 0 aromatic heterocycles. The van der Waals surface area contributed by atoms with E-state index in [0.29, 0.717) is 0 Å². The van der Waals surface area contributed by atoms with Crippen molar-refractivity contribution >= 4 is 23.7 Å². The van der Waals surface area contributed by atoms with Crippen molar-refractivity contribution in [1.29, 1.82) is 0 Å². The van der Waals surface area contributed by atoms with Crippen LogP contribution in [0.15, 0.2) is 0 Å². The Kier molecular flexibility index (Phi) is 11.1. The van der Waals surface area contributed by atoms with Crippen LogP contribution in [-0.4, -0.2) is 159 Å². The maximum atomic E-state index is 13.5. The average Bonchev–Trinajstić information content (AvgIpc) is 3.77. The molecule has 0 saturated carbocycles. The summed E-state index contributed by atoms with van der Waals surface area (Å²) in [5.74, 6) is -2.47. The lowest BCUT2D eigenvalue weighted by Gasteiger charge is -2.29. The van der Waals surface area contributed by atoms with Crippen LogP contribution in [-0.2, 0) is 61.8 Å². The fourth-order valence-electron chi connectivity index (χ4n) is 5.59. The Bertz CT molecular complexity index is 988. The minimum Gasteiger partial charge on any atom is -0.467 e. The number of nitrogens with one attached hydrogen (secondary N) is 3. The number of rotatable bonds is 11. The van der Waals surface area contributed by atoms with E-state index in [1.165, 1.54) is 35.5 Å². The van der Waals surface area contributed by atoms with Crippen molar-refractivity contribution in [3.05, 3.63) is 0 Å². The second-order valence-electron chi connectivity index (χ2n) is 10.3. The van der Waals surface area contributed by atoms with Crippen molar-refractivity contribution < 1.29 is 61.8 Å². The number of hydrogen-bond donors (Lipinski definition) is 4. The lowest BCUT2D eigenvalue weighted by Crippen LogP contribution is -2.61. The summed E-state index contributed by atoms with van der Waals surface area (Å²) in [5, 5.41) is 8.28. The van der Waals surface area contributed by atoms with Crippen LogP contribution in [0.25, 0.3) is 0 Å². The summed E-state index contributed by atoms with van der Waals surface area (Å²) < 4.78 is 48.7. The second-order valence-corrected chi connectivity index (χ2v) is 10.3. The van der Waals surface area contributed by atoms with E-state index < -0.39 is 96.7 Å². The van der Waals surface area contributed by atoms with Crippen LogP contribution in [0.2, 0.25) is 0 Å². The molecule has 4 fully saturated rings. The van der Waals surface area contributed by atoms with Crippen LogP contribution >= 0.6 is 0 Å². The molecule has 0 aromatic rings. The Balaban J connectivity index is 1.44. The largest absolute Gasteiger partial charge is 0.467 e. The molecule has 0 unspecified atom stereocenters. The lowest BCUT2D eigenvalue weighted by atomic mass is 10.0. The van der Waals surface area contributed by atoms with E-state index in [1.54, 1.807) is 0 Å². The Morgan fingerprint density at radius 1 is 0.548 bits per heavy atom. The van der Waals surface area contributed by atoms with Crippen LogP contribution in [0.1, 0.15) is 0 Å². The van der Waals surface area contributed by atoms with Crippen molar-refractivity contribution in [2.75, 3.05) is 62.0 Å². The van der Waals surface area contributed by atoms with Gasteiger partial charge in [-0.3, -0.25) is 14.4 Å². The van der Waals surface area contributed by atoms with E-state index in [1.807, 2.05) is 0 Å². The zero-order chi connectivity index (χ0) is 30.6. The van der Waals surface area contributed by atoms with E-state index >= 15 is 0 Å². The summed E-state index contributed by atoms with van der Waals surface area (Å²) in [7, 11) is 6.96. The number of esters is 1. The molecule has 4 saturated heterocycles. The molecule has 4 aliphatic heterocycles. The van der Waals surface area contributed by atoms with Gasteiger partial charge in [0.2, 0.25) is 0 Å². The average molecular weight is 605 g/mol. The van der Waals surface area contributed by atoms with E-state index in [2.05, 4.69) is 16.0 Å². The number of amides is 3. The van der Waals surface area contributed by atoms with Gasteiger partial charge in [0.05, 0.1) is 63.8 Å². The van der Waals surface area contributed by atoms with Gasteiger partial charge in [-0.05, 0) is 0 Å². The van der Waals surface area contributed by atoms with Gasteiger partial charge in [-0.2, -0.15) is 0 Å². The molecular weight excluding hydrogens is 564 g/mol. The third-order valence-corrected chi connectivity index (χ3v) is 8.07. The number of carbonyl (C=O) groups excluding carboxylic acids is 4. The van der Waals surface area contributed by atoms with Gasteiger partial charge >= 0.3 is 5.97 Å². The van der Waals surface area contributed by atoms with Crippen LogP contribution in [0.5, 0.6) is 0 Å². The summed E-state index contributed by atoms with van der Waals surface area (Å²) in [6.07, 6.45) is -6.87. The first kappa shape index (κ1) is 32.4. The number of ether oxygens (including phenoxy) is 9. The van der Waals surface area contributed by atoms with E-state index in [9.17, 15) is 19.2 Å². The molecule has 12 atom stereocenters. The fraction of sp³-hybridized carbons (Fsp3) is 0.840. The third-order valence-electron chi connectivity index (χ3n) is 8.07. The van der Waals surface area contributed by atoms with Gasteiger partial charge in [-0.25, -0.2) is 4.79 Å². The Morgan fingerprint density at radius 3 is 1.26 bits per heavy atom. The highest BCUT2D eigenvalue weighted by molar-refractivity contribution is 5.88. The molecule has 4 heterocycles. The highest BCUT2D eigenvalue weighted by Crippen LogP contribution is 2.24. The lowest BCUT2D eigenvalue weighted by molar-refractivity contribution is -0.152. The second kappa shape index (κ2) is 14.3. The number of nitrogens with two attached hydrogens (primary N) is 1. The standard InChI is InChI=1S/C25H40N4O13/c1-34-10-6-39-18(14(10)26)22(30)27-15-11(35-2)7-40-19(15)23(31)28-16-12(36-3)8-41-20(16)24(32)29-17-13(37-4)9-42-21(17)25(33)38-5/h10-21H,6-9,26H2,1-5H3,(H,27,30)(H,28,31)(H,29,32)/t10-,11-,12-,13-,14-,15-,16-,17-,18+,19+,20+,21+/m0/s1. The minimum absolute atomic E-state index is 0.00120. The zero-order valence-electron chi connectivity index (χ0n) is 24.1. The van der Waals surface area contributed by atoms with E-state index in [4.69, 9.17) is 48.4 Å². The highest BCUT2D eigenvalue weighted by Gasteiger charge is 2.51. The van der Waals surface area contributed by atoms with Crippen LogP contribution < -0.4 is 21.7 Å². The molecule has 238 valence electrons. The van der Waals surface area contributed by atoms with Crippen LogP contribution in [0, 0.1) is 0 Å². The topological polar surface area (TPSA) is 213 Å². The number of carbonyl (C=O) groups is 4. The molecule has 17 heteroatoms. The van der Waals surface area contributed by atoms with Gasteiger partial charge < -0.3 is 64.3 Å². The molecule has 0 radical (unpaired) electrons. The first-order chi connectivity index (χ1) is 20.2. The smallest absolute Gasteiger partial charge is 0.337 e. The molecule has 17 nitrogen and oxygen atoms in total. The van der Waals surface area contributed by atoms with E-state index in [-0.39, 0.29) is 26.4 Å². The van der Waals surface area contributed by atoms with Crippen LogP contribution in [0.3, 0.4) is 0 Å². The summed E-state index contributed by atoms with van der Waals surface area (Å²) in [4.78, 5) is 52.1. The predicted octanol–water partition coefficient (Wildman–Crippen LogP) is -4.40. The maximum absolute atomic E-state index is 13.5. The Labute approximate surface area is 242 Å². The first-order valence-electron chi connectivity index (χ1n) is 13.5. The quantitative estimate of drug-likeness (QED) is 0.164. The predicted molar refractivity (Wildman–Crippen MR) is 138 cm³/mol. The molecule has 5 N–H and O–H groups in total. The number of hydrogen-bond acceptors (Lipinski definition) is 14. The van der Waals surface area contributed by atoms with Gasteiger partial charge in [0.15, 0.2) is 24.4 Å². The Morgan fingerprint density at radius 2 is 0.881 bits per heavy atom. The van der Waals surface area contributed by atoms with Gasteiger partial charge in [-0.15, -0.1) is 0 Å². The molecule has 42 heavy (non-hydrogen) atoms. The summed E-state index contributed by atoms with van der Waals surface area (Å²) in [5.41, 5.74) is 6.10. The third kappa shape index (κ3) is 6.53. The summed E-state index contributed by atoms with van der Waals surface area (Å²) >= 11 is 0. The molecule has 0 spiro atoms. The molecule has 3 amide bonds. The molecule has 4 aliphatic rings. The fourth-order valence-corrected chi connectivity index (χ4v) is 5.59. The molecule has 4 rings (SSSR count). The number of methoxy groups -OCH3 is 5. The zero-order valence-corrected chi connectivity index (χ0v) is 24.1. The summed E-state index contributed by atoms with van der Waals surface area (Å²) in [6.45, 7) is 0.226. The van der Waals surface area contributed by atoms with E-state index in [0.717, 1.165) is 0 Å². The van der Waals surface area contributed by atoms with Crippen molar-refractivity contribution in [1.82, 2.24) is 16.0 Å². The molecule has 0 aromatic carbocycles. The van der Waals surface area contributed by atoms with Crippen molar-refractivity contribution in [2.45, 2.75) is 73.0 Å². The van der Waals surface area contributed by atoms with Crippen LogP contribution in [0.4, 0.5) is 0 Å². The van der Waals surface area contributed by atoms with Crippen molar-refractivity contribution in [3.63, 3.8) is 0 Å².